The Morgan fingerprint density at radius 1 is 1.27 bits per heavy atom. The van der Waals surface area contributed by atoms with Gasteiger partial charge in [-0.3, -0.25) is 0 Å². The standard InChI is InChI=1S/C9H5ClF2N2S/c10-8-7(14-9(13)15-8)4-1-2-5(11)6(12)3-4/h1-3H,(H2,13,14). The summed E-state index contributed by atoms with van der Waals surface area (Å²) in [4.78, 5) is 3.93. The largest absolute Gasteiger partial charge is 0.375 e. The van der Waals surface area contributed by atoms with Crippen molar-refractivity contribution in [1.29, 1.82) is 0 Å². The summed E-state index contributed by atoms with van der Waals surface area (Å²) in [5.41, 5.74) is 6.22. The number of anilines is 1. The number of nitrogens with two attached hydrogens (primary N) is 1. The van der Waals surface area contributed by atoms with Crippen molar-refractivity contribution in [3.05, 3.63) is 34.2 Å². The van der Waals surface area contributed by atoms with Gasteiger partial charge in [0.05, 0.1) is 0 Å². The van der Waals surface area contributed by atoms with E-state index in [1.54, 1.807) is 0 Å². The Morgan fingerprint density at radius 3 is 2.53 bits per heavy atom. The fourth-order valence-corrected chi connectivity index (χ4v) is 2.11. The predicted octanol–water partition coefficient (Wildman–Crippen LogP) is 3.32. The number of hydrogen-bond acceptors (Lipinski definition) is 3. The van der Waals surface area contributed by atoms with Gasteiger partial charge < -0.3 is 5.73 Å². The average Bonchev–Trinajstić information content (AvgIpc) is 2.50. The number of aromatic nitrogens is 1. The van der Waals surface area contributed by atoms with Crippen molar-refractivity contribution < 1.29 is 8.78 Å². The minimum Gasteiger partial charge on any atom is -0.375 e. The molecule has 0 amide bonds. The molecule has 0 unspecified atom stereocenters. The van der Waals surface area contributed by atoms with Gasteiger partial charge in [-0.25, -0.2) is 13.8 Å². The first-order chi connectivity index (χ1) is 7.08. The van der Waals surface area contributed by atoms with Crippen LogP contribution >= 0.6 is 22.9 Å². The maximum atomic E-state index is 12.9. The minimum atomic E-state index is -0.935. The van der Waals surface area contributed by atoms with Crippen molar-refractivity contribution in [2.45, 2.75) is 0 Å². The van der Waals surface area contributed by atoms with Gasteiger partial charge in [-0.15, -0.1) is 0 Å². The van der Waals surface area contributed by atoms with Gasteiger partial charge in [0.1, 0.15) is 10.0 Å². The van der Waals surface area contributed by atoms with Crippen LogP contribution in [0.5, 0.6) is 0 Å². The summed E-state index contributed by atoms with van der Waals surface area (Å²) in [7, 11) is 0. The second-order valence-corrected chi connectivity index (χ2v) is 4.44. The predicted molar refractivity (Wildman–Crippen MR) is 56.9 cm³/mol. The second-order valence-electron chi connectivity index (χ2n) is 2.80. The summed E-state index contributed by atoms with van der Waals surface area (Å²) >= 11 is 6.92. The number of nitrogen functional groups attached to an aromatic ring is 1. The lowest BCUT2D eigenvalue weighted by molar-refractivity contribution is 0.509. The van der Waals surface area contributed by atoms with Gasteiger partial charge in [0.15, 0.2) is 16.8 Å². The van der Waals surface area contributed by atoms with Gasteiger partial charge in [0.2, 0.25) is 0 Å². The summed E-state index contributed by atoms with van der Waals surface area (Å²) in [6.07, 6.45) is 0. The summed E-state index contributed by atoms with van der Waals surface area (Å²) in [5, 5.41) is 0.291. The lowest BCUT2D eigenvalue weighted by Crippen LogP contribution is -1.87. The van der Waals surface area contributed by atoms with E-state index >= 15 is 0 Å². The van der Waals surface area contributed by atoms with Crippen LogP contribution in [0.25, 0.3) is 11.3 Å². The number of thiazole rings is 1. The Balaban J connectivity index is 2.54. The average molecular weight is 247 g/mol. The molecule has 2 nitrogen and oxygen atoms in total. The summed E-state index contributed by atoms with van der Waals surface area (Å²) in [6, 6.07) is 3.46. The molecule has 0 saturated heterocycles. The van der Waals surface area contributed by atoms with E-state index in [-0.39, 0.29) is 0 Å². The fraction of sp³-hybridized carbons (Fsp3) is 0. The van der Waals surface area contributed by atoms with Crippen molar-refractivity contribution in [2.24, 2.45) is 0 Å². The third-order valence-corrected chi connectivity index (χ3v) is 2.88. The second kappa shape index (κ2) is 3.75. The van der Waals surface area contributed by atoms with Crippen LogP contribution in [0.2, 0.25) is 4.34 Å². The fourth-order valence-electron chi connectivity index (χ4n) is 1.14. The lowest BCUT2D eigenvalue weighted by atomic mass is 10.2. The molecule has 0 aliphatic rings. The van der Waals surface area contributed by atoms with E-state index in [9.17, 15) is 8.78 Å². The van der Waals surface area contributed by atoms with E-state index in [1.807, 2.05) is 0 Å². The van der Waals surface area contributed by atoms with Gasteiger partial charge >= 0.3 is 0 Å². The third kappa shape index (κ3) is 1.93. The molecule has 0 aliphatic carbocycles. The zero-order valence-corrected chi connectivity index (χ0v) is 8.87. The molecule has 0 spiro atoms. The summed E-state index contributed by atoms with van der Waals surface area (Å²) in [5.74, 6) is -1.84. The molecule has 1 aromatic heterocycles. The Labute approximate surface area is 93.3 Å². The molecule has 1 heterocycles. The topological polar surface area (TPSA) is 38.9 Å². The van der Waals surface area contributed by atoms with Crippen LogP contribution in [0.4, 0.5) is 13.9 Å². The van der Waals surface area contributed by atoms with Crippen molar-refractivity contribution in [1.82, 2.24) is 4.98 Å². The summed E-state index contributed by atoms with van der Waals surface area (Å²) in [6.45, 7) is 0. The molecule has 2 N–H and O–H groups in total. The molecule has 15 heavy (non-hydrogen) atoms. The van der Waals surface area contributed by atoms with Crippen LogP contribution in [0, 0.1) is 11.6 Å². The van der Waals surface area contributed by atoms with Gasteiger partial charge in [-0.05, 0) is 18.2 Å². The molecule has 0 fully saturated rings. The SMILES string of the molecule is Nc1nc(-c2ccc(F)c(F)c2)c(Cl)s1. The maximum Gasteiger partial charge on any atom is 0.182 e. The Hall–Kier alpha value is -1.20. The maximum absolute atomic E-state index is 12.9. The number of hydrogen-bond donors (Lipinski definition) is 1. The number of rotatable bonds is 1. The molecule has 0 radical (unpaired) electrons. The zero-order valence-electron chi connectivity index (χ0n) is 7.30. The van der Waals surface area contributed by atoms with E-state index in [0.717, 1.165) is 23.5 Å². The monoisotopic (exact) mass is 246 g/mol. The number of benzene rings is 1. The first-order valence-electron chi connectivity index (χ1n) is 3.95. The normalized spacial score (nSPS) is 10.6. The molecule has 0 saturated carbocycles. The van der Waals surface area contributed by atoms with Gasteiger partial charge in [0, 0.05) is 5.56 Å². The van der Waals surface area contributed by atoms with Crippen LogP contribution in [0.1, 0.15) is 0 Å². The molecule has 6 heteroatoms. The van der Waals surface area contributed by atoms with Crippen LogP contribution in [0.15, 0.2) is 18.2 Å². The molecule has 0 atom stereocenters. The van der Waals surface area contributed by atoms with Crippen LogP contribution in [-0.4, -0.2) is 4.98 Å². The number of halogens is 3. The molecular weight excluding hydrogens is 242 g/mol. The Bertz CT molecular complexity index is 513. The van der Waals surface area contributed by atoms with E-state index in [2.05, 4.69) is 4.98 Å². The molecule has 0 aliphatic heterocycles. The summed E-state index contributed by atoms with van der Waals surface area (Å²) < 4.78 is 26.0. The van der Waals surface area contributed by atoms with Crippen LogP contribution in [0.3, 0.4) is 0 Å². The molecule has 0 bridgehead atoms. The van der Waals surface area contributed by atoms with Crippen LogP contribution in [-0.2, 0) is 0 Å². The molecule has 1 aromatic carbocycles. The van der Waals surface area contributed by atoms with Gasteiger partial charge in [0.25, 0.3) is 0 Å². The number of nitrogens with zero attached hydrogens (tertiary/aromatic N) is 1. The van der Waals surface area contributed by atoms with E-state index in [4.69, 9.17) is 17.3 Å². The van der Waals surface area contributed by atoms with Crippen molar-refractivity contribution in [3.63, 3.8) is 0 Å². The Kier molecular flexibility index (Phi) is 2.58. The van der Waals surface area contributed by atoms with E-state index in [0.29, 0.717) is 20.7 Å². The molecule has 78 valence electrons. The highest BCUT2D eigenvalue weighted by molar-refractivity contribution is 7.19. The molecular formula is C9H5ClF2N2S. The first kappa shape index (κ1) is 10.3. The van der Waals surface area contributed by atoms with Crippen molar-refractivity contribution >= 4 is 28.1 Å². The van der Waals surface area contributed by atoms with Crippen LogP contribution < -0.4 is 5.73 Å². The zero-order chi connectivity index (χ0) is 11.0. The smallest absolute Gasteiger partial charge is 0.182 e. The van der Waals surface area contributed by atoms with E-state index < -0.39 is 11.6 Å². The van der Waals surface area contributed by atoms with E-state index in [1.165, 1.54) is 6.07 Å². The Morgan fingerprint density at radius 2 is 2.00 bits per heavy atom. The highest BCUT2D eigenvalue weighted by Gasteiger charge is 2.11. The first-order valence-corrected chi connectivity index (χ1v) is 5.14. The highest BCUT2D eigenvalue weighted by Crippen LogP contribution is 2.34. The molecule has 2 rings (SSSR count). The van der Waals surface area contributed by atoms with Crippen molar-refractivity contribution in [2.75, 3.05) is 5.73 Å². The van der Waals surface area contributed by atoms with Gasteiger partial charge in [-0.1, -0.05) is 22.9 Å². The minimum absolute atomic E-state index is 0.291. The van der Waals surface area contributed by atoms with Crippen molar-refractivity contribution in [3.8, 4) is 11.3 Å². The van der Waals surface area contributed by atoms with Gasteiger partial charge in [-0.2, -0.15) is 0 Å². The third-order valence-electron chi connectivity index (χ3n) is 1.80. The quantitative estimate of drug-likeness (QED) is 0.838. The lowest BCUT2D eigenvalue weighted by Gasteiger charge is -1.98. The highest BCUT2D eigenvalue weighted by atomic mass is 35.5. The molecule has 2 aromatic rings.